The fourth-order valence-electron chi connectivity index (χ4n) is 9.87. The molecule has 0 spiro atoms. The van der Waals surface area contributed by atoms with Crippen LogP contribution in [-0.2, 0) is 153 Å². The molecule has 6 aliphatic rings. The summed E-state index contributed by atoms with van der Waals surface area (Å²) in [7, 11) is -8.38. The summed E-state index contributed by atoms with van der Waals surface area (Å²) in [5.41, 5.74) is 0. The maximum atomic E-state index is 12.6. The summed E-state index contributed by atoms with van der Waals surface area (Å²) < 4.78 is 179. The number of phosphoric acid groups is 4. The van der Waals surface area contributed by atoms with Crippen molar-refractivity contribution >= 4 is 68.9 Å². The zero-order valence-corrected chi connectivity index (χ0v) is 56.6. The van der Waals surface area contributed by atoms with E-state index >= 15 is 0 Å². The molecule has 6 aliphatic heterocycles. The van der Waals surface area contributed by atoms with Crippen molar-refractivity contribution in [1.82, 2.24) is 0 Å². The van der Waals surface area contributed by atoms with Crippen molar-refractivity contribution in [2.24, 2.45) is 0 Å². The molecule has 6 rings (SSSR count). The number of methoxy groups -OCH3 is 5. The first-order valence-electron chi connectivity index (χ1n) is 26.6. The molecule has 0 aliphatic carbocycles. The standard InChI is InChI=1S/C16H32O13P2.C14H28O11P2.C14H28O9P2S2/c1-9-13(22-4)15(11(26-9)7-21-3)29-31(19,20)25-8-12-16(28-30(17,18)24-6)14(23-5)10(2)27-12;1-9-5-11(13(22-9)7-19-3)25-27(17,18)21-8-14-12(6-10(2)23-14)24-26(15,16)20-4;1-9-5-11(13(20-9)7-17-3)23-25(16,27)19-8-14-12(6-10(2)21-14)22-24(15,26)18-4/h9-16H,7-8H2,1-6H3,(H,17,18)(H,19,20);9-14H,5-8H2,1-4H3,(H,15,16)(H,17,18);9-14H,5-8H2,1-4H3,(H,15,26)(H,16,27)/p-6/t9-,10-,11+,12+,13?,14?,15-,16-;9-,10-,11+,12+,13+,14+;9-,10-,11+,12+,13+,14+,24?,25?/m000/s1. The van der Waals surface area contributed by atoms with Crippen LogP contribution in [0.4, 0.5) is 0 Å². The molecule has 0 aromatic rings. The molecule has 6 saturated heterocycles. The lowest BCUT2D eigenvalue weighted by molar-refractivity contribution is -0.239. The summed E-state index contributed by atoms with van der Waals surface area (Å²) in [6.07, 6.45) is -10.8. The summed E-state index contributed by atoms with van der Waals surface area (Å²) in [5, 5.41) is 0. The Hall–Kier alpha value is 1.03. The molecule has 26 atom stereocenters. The van der Waals surface area contributed by atoms with Crippen LogP contribution in [0, 0.1) is 0 Å². The molecule has 0 bridgehead atoms. The van der Waals surface area contributed by atoms with Crippen molar-refractivity contribution < 1.29 is 154 Å². The Morgan fingerprint density at radius 1 is 0.388 bits per heavy atom. The molecule has 41 heteroatoms. The van der Waals surface area contributed by atoms with E-state index in [0.717, 1.165) is 14.2 Å². The number of rotatable bonds is 32. The zero-order chi connectivity index (χ0) is 63.9. The normalized spacial score (nSPS) is 39.1. The number of ether oxygens (including phenoxy) is 11. The molecule has 0 N–H and O–H groups in total. The van der Waals surface area contributed by atoms with E-state index in [1.165, 1.54) is 35.5 Å². The Balaban J connectivity index is 0.000000274. The van der Waals surface area contributed by atoms with E-state index in [-0.39, 0.29) is 56.8 Å². The highest BCUT2D eigenvalue weighted by Gasteiger charge is 2.49. The summed E-state index contributed by atoms with van der Waals surface area (Å²) in [5.74, 6) is 0. The molecular formula is C44H82O33P6S2-6. The van der Waals surface area contributed by atoms with Crippen molar-refractivity contribution in [3.63, 3.8) is 0 Å². The van der Waals surface area contributed by atoms with Gasteiger partial charge in [-0.1, -0.05) is 11.8 Å². The van der Waals surface area contributed by atoms with Crippen molar-refractivity contribution in [2.45, 2.75) is 189 Å². The average Bonchev–Trinajstić information content (AvgIpc) is 4.26. The molecule has 504 valence electrons. The number of phosphoric ester groups is 4. The Kier molecular flexibility index (Phi) is 32.8. The molecule has 0 amide bonds. The van der Waals surface area contributed by atoms with E-state index in [2.05, 4.69) is 13.6 Å². The fraction of sp³-hybridized carbons (Fsp3) is 1.00. The molecule has 33 nitrogen and oxygen atoms in total. The summed E-state index contributed by atoms with van der Waals surface area (Å²) in [4.78, 5) is 60.5. The van der Waals surface area contributed by atoms with Crippen LogP contribution in [0.25, 0.3) is 0 Å². The van der Waals surface area contributed by atoms with Gasteiger partial charge in [0.2, 0.25) is 0 Å². The van der Waals surface area contributed by atoms with Gasteiger partial charge in [-0.25, -0.2) is 0 Å². The highest BCUT2D eigenvalue weighted by molar-refractivity contribution is 8.32. The summed E-state index contributed by atoms with van der Waals surface area (Å²) >= 11 is 9.77. The molecule has 0 saturated carbocycles. The second-order valence-electron chi connectivity index (χ2n) is 20.2. The van der Waals surface area contributed by atoms with Gasteiger partial charge >= 0.3 is 0 Å². The van der Waals surface area contributed by atoms with Crippen LogP contribution in [0.5, 0.6) is 0 Å². The van der Waals surface area contributed by atoms with Gasteiger partial charge in [-0.05, 0) is 41.5 Å². The summed E-state index contributed by atoms with van der Waals surface area (Å²) in [6, 6.07) is 0. The van der Waals surface area contributed by atoms with Crippen LogP contribution in [0.15, 0.2) is 0 Å². The second kappa shape index (κ2) is 35.5. The Morgan fingerprint density at radius 2 is 0.694 bits per heavy atom. The quantitative estimate of drug-likeness (QED) is 0.0682. The Morgan fingerprint density at radius 3 is 1.08 bits per heavy atom. The molecule has 8 unspecified atom stereocenters. The maximum absolute atomic E-state index is 12.6. The van der Waals surface area contributed by atoms with Crippen molar-refractivity contribution in [3.05, 3.63) is 0 Å². The van der Waals surface area contributed by atoms with Gasteiger partial charge < -0.3 is 143 Å². The van der Waals surface area contributed by atoms with Crippen LogP contribution < -0.4 is 24.5 Å². The average molecular weight is 1390 g/mol. The van der Waals surface area contributed by atoms with Crippen LogP contribution in [0.2, 0.25) is 0 Å². The molecular weight excluding hydrogens is 1310 g/mol. The second-order valence-corrected chi connectivity index (χ2v) is 31.4. The highest BCUT2D eigenvalue weighted by atomic mass is 32.7. The van der Waals surface area contributed by atoms with Gasteiger partial charge in [-0.2, -0.15) is 0 Å². The van der Waals surface area contributed by atoms with Gasteiger partial charge in [-0.15, -0.1) is 0 Å². The van der Waals surface area contributed by atoms with Crippen molar-refractivity contribution in [1.29, 1.82) is 0 Å². The smallest absolute Gasteiger partial charge is 0.268 e. The predicted octanol–water partition coefficient (Wildman–Crippen LogP) is 1.63. The first-order chi connectivity index (χ1) is 39.6. The van der Waals surface area contributed by atoms with Crippen LogP contribution in [0.3, 0.4) is 0 Å². The van der Waals surface area contributed by atoms with E-state index in [0.29, 0.717) is 25.9 Å². The van der Waals surface area contributed by atoms with E-state index in [1.807, 2.05) is 13.8 Å². The topological polar surface area (TPSA) is 413 Å². The largest absolute Gasteiger partial charge is 0.780 e. The summed E-state index contributed by atoms with van der Waals surface area (Å²) in [6.45, 7) is 2.56. The van der Waals surface area contributed by atoms with Crippen molar-refractivity contribution in [3.8, 4) is 0 Å². The molecule has 0 aromatic carbocycles. The molecule has 0 aromatic heterocycles. The first kappa shape index (κ1) is 78.5. The fourth-order valence-corrected chi connectivity index (χ4v) is 15.5. The maximum Gasteiger partial charge on any atom is 0.268 e. The highest BCUT2D eigenvalue weighted by Crippen LogP contribution is 2.51. The minimum atomic E-state index is -4.89. The lowest BCUT2D eigenvalue weighted by Crippen LogP contribution is -2.40. The third-order valence-electron chi connectivity index (χ3n) is 13.6. The lowest BCUT2D eigenvalue weighted by atomic mass is 10.1. The van der Waals surface area contributed by atoms with Gasteiger partial charge in [0.1, 0.15) is 67.8 Å². The van der Waals surface area contributed by atoms with E-state index in [9.17, 15) is 47.3 Å². The minimum absolute atomic E-state index is 0.0582. The van der Waals surface area contributed by atoms with Crippen molar-refractivity contribution in [2.75, 3.05) is 96.5 Å². The molecule has 6 heterocycles. The van der Waals surface area contributed by atoms with Crippen LogP contribution >= 0.6 is 44.8 Å². The molecule has 0 radical (unpaired) electrons. The Bertz CT molecular complexity index is 2210. The molecule has 6 fully saturated rings. The van der Waals surface area contributed by atoms with Gasteiger partial charge in [0, 0.05) is 82.6 Å². The molecule has 85 heavy (non-hydrogen) atoms. The monoisotopic (exact) mass is 1390 g/mol. The van der Waals surface area contributed by atoms with Gasteiger partial charge in [0.25, 0.3) is 31.3 Å². The van der Waals surface area contributed by atoms with Crippen LogP contribution in [0.1, 0.15) is 67.2 Å². The third-order valence-corrected chi connectivity index (χ3v) is 20.7. The van der Waals surface area contributed by atoms with E-state index in [4.69, 9.17) is 117 Å². The lowest BCUT2D eigenvalue weighted by Gasteiger charge is -2.34. The SMILES string of the molecule is COC[C@H]1O[C@@H](C)C(OC)[C@H]1OP(=O)([O-])OC[C@H]1O[C@@H](C)C(OC)[C@H]1OP(=O)([O-])OC.COC[C@H]1O[C@@H](C)C[C@H]1OP(=O)([O-])OC[C@H]1O[C@@H](C)C[C@H]1OP(=O)([O-])OC.COC[C@H]1O[C@@H](C)C[C@H]1OP([O-])(=S)OC[C@H]1O[C@@H](C)C[C@H]1OP(=O)([S-])OC. The van der Waals surface area contributed by atoms with Gasteiger partial charge in [-0.3, -0.25) is 22.8 Å². The third kappa shape index (κ3) is 25.7. The van der Waals surface area contributed by atoms with E-state index < -0.39 is 150 Å². The first-order valence-corrected chi connectivity index (χ1v) is 37.6. The number of hydrogen-bond acceptors (Lipinski definition) is 35. The predicted molar refractivity (Wildman–Crippen MR) is 290 cm³/mol. The Labute approximate surface area is 506 Å². The van der Waals surface area contributed by atoms with Gasteiger partial charge in [0.05, 0.1) is 101 Å². The van der Waals surface area contributed by atoms with E-state index in [1.54, 1.807) is 34.8 Å². The zero-order valence-electron chi connectivity index (χ0n) is 49.6. The minimum Gasteiger partial charge on any atom is -0.780 e. The van der Waals surface area contributed by atoms with Crippen LogP contribution in [-0.4, -0.2) is 219 Å². The number of hydrogen-bond donors (Lipinski definition) is 0. The van der Waals surface area contributed by atoms with Gasteiger partial charge in [0.15, 0.2) is 6.80 Å².